The number of piperazine rings is 1. The Morgan fingerprint density at radius 2 is 1.73 bits per heavy atom. The molecule has 1 saturated carbocycles. The number of cyclic esters (lactones) is 1. The van der Waals surface area contributed by atoms with Crippen molar-refractivity contribution in [3.63, 3.8) is 0 Å². The van der Waals surface area contributed by atoms with Gasteiger partial charge in [-0.1, -0.05) is 30.9 Å². The third-order valence-electron chi connectivity index (χ3n) is 6.47. The Morgan fingerprint density at radius 3 is 2.42 bits per heavy atom. The highest BCUT2D eigenvalue weighted by Gasteiger charge is 2.48. The Morgan fingerprint density at radius 1 is 1.04 bits per heavy atom. The van der Waals surface area contributed by atoms with Crippen LogP contribution in [-0.4, -0.2) is 49.7 Å². The van der Waals surface area contributed by atoms with Crippen LogP contribution in [0.5, 0.6) is 0 Å². The number of nitrogens with zero attached hydrogens (tertiary/aromatic N) is 2. The second-order valence-corrected chi connectivity index (χ2v) is 8.60. The summed E-state index contributed by atoms with van der Waals surface area (Å²) in [7, 11) is 0. The van der Waals surface area contributed by atoms with Gasteiger partial charge in [-0.25, -0.2) is 0 Å². The van der Waals surface area contributed by atoms with Crippen molar-refractivity contribution >= 4 is 23.3 Å². The maximum atomic E-state index is 12.4. The van der Waals surface area contributed by atoms with Crippen molar-refractivity contribution in [3.8, 4) is 0 Å². The van der Waals surface area contributed by atoms with E-state index in [0.717, 1.165) is 63.4 Å². The highest BCUT2D eigenvalue weighted by molar-refractivity contribution is 6.30. The second kappa shape index (κ2) is 7.77. The van der Waals surface area contributed by atoms with Crippen molar-refractivity contribution in [3.05, 3.63) is 29.3 Å². The molecule has 1 aromatic rings. The van der Waals surface area contributed by atoms with E-state index in [9.17, 15) is 4.79 Å². The predicted molar refractivity (Wildman–Crippen MR) is 105 cm³/mol. The first-order valence-electron chi connectivity index (χ1n) is 10.1. The summed E-state index contributed by atoms with van der Waals surface area (Å²) in [5.74, 6) is 0.0924. The van der Waals surface area contributed by atoms with Gasteiger partial charge in [-0.05, 0) is 43.5 Å². The van der Waals surface area contributed by atoms with Crippen LogP contribution in [0.4, 0.5) is 5.69 Å². The molecule has 5 heteroatoms. The fourth-order valence-electron chi connectivity index (χ4n) is 4.84. The topological polar surface area (TPSA) is 32.8 Å². The fraction of sp³-hybridized carbons (Fsp3) is 0.667. The summed E-state index contributed by atoms with van der Waals surface area (Å²) in [5.41, 5.74) is 1.12. The van der Waals surface area contributed by atoms with Crippen LogP contribution in [0.2, 0.25) is 5.02 Å². The van der Waals surface area contributed by atoms with E-state index in [2.05, 4.69) is 21.9 Å². The number of hydrogen-bond donors (Lipinski definition) is 0. The van der Waals surface area contributed by atoms with Crippen LogP contribution in [0.1, 0.15) is 44.9 Å². The van der Waals surface area contributed by atoms with Gasteiger partial charge in [0, 0.05) is 49.9 Å². The Kier molecular flexibility index (Phi) is 5.42. The predicted octanol–water partition coefficient (Wildman–Crippen LogP) is 4.12. The third-order valence-corrected chi connectivity index (χ3v) is 6.72. The molecular formula is C21H29ClN2O2. The number of carbonyl (C=O) groups is 1. The highest BCUT2D eigenvalue weighted by atomic mass is 35.5. The first-order chi connectivity index (χ1) is 12.6. The van der Waals surface area contributed by atoms with E-state index in [1.54, 1.807) is 0 Å². The number of benzene rings is 1. The molecule has 2 saturated heterocycles. The number of ether oxygens (including phenoxy) is 1. The van der Waals surface area contributed by atoms with Gasteiger partial charge in [-0.2, -0.15) is 0 Å². The zero-order valence-corrected chi connectivity index (χ0v) is 16.2. The summed E-state index contributed by atoms with van der Waals surface area (Å²) >= 11 is 5.98. The van der Waals surface area contributed by atoms with Crippen molar-refractivity contribution in [1.82, 2.24) is 4.90 Å². The molecule has 3 aliphatic rings. The molecule has 1 aromatic carbocycles. The zero-order chi connectivity index (χ0) is 18.0. The lowest BCUT2D eigenvalue weighted by Gasteiger charge is -2.36. The summed E-state index contributed by atoms with van der Waals surface area (Å²) < 4.78 is 5.76. The quantitative estimate of drug-likeness (QED) is 0.740. The summed E-state index contributed by atoms with van der Waals surface area (Å²) in [4.78, 5) is 17.3. The number of hydrogen-bond acceptors (Lipinski definition) is 4. The van der Waals surface area contributed by atoms with Crippen LogP contribution in [-0.2, 0) is 9.53 Å². The molecular weight excluding hydrogens is 348 g/mol. The minimum absolute atomic E-state index is 0.0924. The Labute approximate surface area is 161 Å². The van der Waals surface area contributed by atoms with Crippen molar-refractivity contribution in [2.45, 2.75) is 51.0 Å². The van der Waals surface area contributed by atoms with Gasteiger partial charge in [-0.3, -0.25) is 9.69 Å². The molecule has 0 unspecified atom stereocenters. The van der Waals surface area contributed by atoms with Gasteiger partial charge >= 0.3 is 5.97 Å². The maximum Gasteiger partial charge on any atom is 0.312 e. The largest absolute Gasteiger partial charge is 0.462 e. The van der Waals surface area contributed by atoms with Crippen LogP contribution in [0.3, 0.4) is 0 Å². The lowest BCUT2D eigenvalue weighted by atomic mass is 9.72. The molecule has 1 aliphatic carbocycles. The number of rotatable bonds is 4. The zero-order valence-electron chi connectivity index (χ0n) is 15.5. The smallest absolute Gasteiger partial charge is 0.312 e. The van der Waals surface area contributed by atoms with E-state index in [-0.39, 0.29) is 17.5 Å². The number of esters is 1. The van der Waals surface area contributed by atoms with E-state index in [1.165, 1.54) is 24.9 Å². The van der Waals surface area contributed by atoms with Crippen molar-refractivity contribution in [2.24, 2.45) is 5.41 Å². The number of halogens is 1. The molecule has 0 N–H and O–H groups in total. The van der Waals surface area contributed by atoms with Gasteiger partial charge in [-0.15, -0.1) is 0 Å². The fourth-order valence-corrected chi connectivity index (χ4v) is 4.97. The van der Waals surface area contributed by atoms with Crippen LogP contribution >= 0.6 is 11.6 Å². The van der Waals surface area contributed by atoms with Crippen molar-refractivity contribution in [1.29, 1.82) is 0 Å². The summed E-state index contributed by atoms with van der Waals surface area (Å²) in [6.07, 6.45) is 7.81. The molecule has 4 nitrogen and oxygen atoms in total. The maximum absolute atomic E-state index is 12.4. The van der Waals surface area contributed by atoms with E-state index >= 15 is 0 Å². The molecule has 26 heavy (non-hydrogen) atoms. The molecule has 4 rings (SSSR count). The normalized spacial score (nSPS) is 26.3. The first-order valence-corrected chi connectivity index (χ1v) is 10.5. The van der Waals surface area contributed by atoms with E-state index in [4.69, 9.17) is 16.3 Å². The molecule has 0 bridgehead atoms. The minimum Gasteiger partial charge on any atom is -0.462 e. The van der Waals surface area contributed by atoms with Gasteiger partial charge in [0.05, 0.1) is 5.41 Å². The van der Waals surface area contributed by atoms with E-state index in [0.29, 0.717) is 0 Å². The van der Waals surface area contributed by atoms with Crippen LogP contribution in [0.15, 0.2) is 24.3 Å². The van der Waals surface area contributed by atoms with Crippen LogP contribution in [0.25, 0.3) is 0 Å². The number of carbonyl (C=O) groups excluding carboxylic acids is 1. The van der Waals surface area contributed by atoms with Gasteiger partial charge < -0.3 is 9.64 Å². The second-order valence-electron chi connectivity index (χ2n) is 8.17. The third kappa shape index (κ3) is 3.86. The standard InChI is InChI=1S/C21H29ClN2O2/c22-17-4-6-18(7-5-17)24-14-12-23(13-15-24)11-8-19-16-21(20(25)26-19)9-2-1-3-10-21/h4-7,19H,1-3,8-16H2/t19-/m1/s1. The SMILES string of the molecule is O=C1O[C@H](CCN2CCN(c3ccc(Cl)cc3)CC2)CC12CCCCC2. The molecule has 0 amide bonds. The molecule has 142 valence electrons. The number of anilines is 1. The van der Waals surface area contributed by atoms with E-state index < -0.39 is 0 Å². The molecule has 0 aromatic heterocycles. The molecule has 1 atom stereocenters. The highest BCUT2D eigenvalue weighted by Crippen LogP contribution is 2.46. The van der Waals surface area contributed by atoms with Crippen LogP contribution in [0, 0.1) is 5.41 Å². The Hall–Kier alpha value is -1.26. The average molecular weight is 377 g/mol. The van der Waals surface area contributed by atoms with Gasteiger partial charge in [0.2, 0.25) is 0 Å². The van der Waals surface area contributed by atoms with Gasteiger partial charge in [0.25, 0.3) is 0 Å². The van der Waals surface area contributed by atoms with Gasteiger partial charge in [0.15, 0.2) is 0 Å². The monoisotopic (exact) mass is 376 g/mol. The summed E-state index contributed by atoms with van der Waals surface area (Å²) in [5, 5.41) is 0.786. The van der Waals surface area contributed by atoms with Crippen molar-refractivity contribution in [2.75, 3.05) is 37.6 Å². The minimum atomic E-state index is -0.129. The molecule has 1 spiro atoms. The molecule has 2 aliphatic heterocycles. The van der Waals surface area contributed by atoms with Gasteiger partial charge in [0.1, 0.15) is 6.10 Å². The molecule has 0 radical (unpaired) electrons. The lowest BCUT2D eigenvalue weighted by Crippen LogP contribution is -2.47. The van der Waals surface area contributed by atoms with Crippen molar-refractivity contribution < 1.29 is 9.53 Å². The Bertz CT molecular complexity index is 619. The summed E-state index contributed by atoms with van der Waals surface area (Å²) in [6, 6.07) is 8.11. The average Bonchev–Trinajstić information content (AvgIpc) is 2.97. The Balaban J connectivity index is 1.23. The molecule has 2 heterocycles. The van der Waals surface area contributed by atoms with Crippen LogP contribution < -0.4 is 4.90 Å². The lowest BCUT2D eigenvalue weighted by molar-refractivity contribution is -0.150. The summed E-state index contributed by atoms with van der Waals surface area (Å²) in [6.45, 7) is 5.23. The molecule has 3 fully saturated rings. The first kappa shape index (κ1) is 18.1. The van der Waals surface area contributed by atoms with E-state index in [1.807, 2.05) is 12.1 Å².